The minimum absolute atomic E-state index is 0.00917. The van der Waals surface area contributed by atoms with Crippen molar-refractivity contribution in [3.8, 4) is 0 Å². The molecule has 3 rings (SSSR count). The van der Waals surface area contributed by atoms with Gasteiger partial charge in [0.2, 0.25) is 10.0 Å². The van der Waals surface area contributed by atoms with Crippen LogP contribution in [0.25, 0.3) is 0 Å². The summed E-state index contributed by atoms with van der Waals surface area (Å²) in [7, 11) is -1.72. The van der Waals surface area contributed by atoms with Gasteiger partial charge in [0.15, 0.2) is 0 Å². The largest absolute Gasteiger partial charge is 0.274 e. The summed E-state index contributed by atoms with van der Waals surface area (Å²) in [4.78, 5) is 0.301. The molecule has 0 aliphatic heterocycles. The molecule has 2 saturated carbocycles. The first-order valence-corrected chi connectivity index (χ1v) is 8.87. The minimum atomic E-state index is -3.46. The summed E-state index contributed by atoms with van der Waals surface area (Å²) in [6.07, 6.45) is 6.66. The maximum atomic E-state index is 12.5. The van der Waals surface area contributed by atoms with Crippen molar-refractivity contribution in [1.29, 1.82) is 0 Å². The van der Waals surface area contributed by atoms with Gasteiger partial charge in [-0.05, 0) is 50.9 Å². The fourth-order valence-electron chi connectivity index (χ4n) is 4.14. The van der Waals surface area contributed by atoms with Crippen LogP contribution in [0.5, 0.6) is 0 Å². The predicted octanol–water partition coefficient (Wildman–Crippen LogP) is 1.83. The van der Waals surface area contributed by atoms with E-state index in [1.165, 1.54) is 25.7 Å². The number of aryl methyl sites for hydroxylation is 2. The summed E-state index contributed by atoms with van der Waals surface area (Å²) in [5.74, 6) is 2.05. The summed E-state index contributed by atoms with van der Waals surface area (Å²) in [6, 6.07) is 0.00917. The van der Waals surface area contributed by atoms with Gasteiger partial charge in [-0.15, -0.1) is 0 Å². The zero-order chi connectivity index (χ0) is 14.5. The van der Waals surface area contributed by atoms with Crippen LogP contribution in [-0.4, -0.2) is 24.2 Å². The van der Waals surface area contributed by atoms with E-state index in [-0.39, 0.29) is 6.04 Å². The van der Waals surface area contributed by atoms with Crippen LogP contribution in [0.4, 0.5) is 0 Å². The van der Waals surface area contributed by atoms with E-state index in [2.05, 4.69) is 9.82 Å². The van der Waals surface area contributed by atoms with Crippen LogP contribution in [0.1, 0.15) is 38.3 Å². The van der Waals surface area contributed by atoms with Gasteiger partial charge in [-0.2, -0.15) is 5.10 Å². The Bertz CT molecular complexity index is 608. The normalized spacial score (nSPS) is 30.9. The molecule has 2 fully saturated rings. The molecule has 0 radical (unpaired) electrons. The third-order valence-corrected chi connectivity index (χ3v) is 6.70. The molecule has 0 amide bonds. The Hall–Kier alpha value is -0.880. The van der Waals surface area contributed by atoms with E-state index >= 15 is 0 Å². The average Bonchev–Trinajstić information content (AvgIpc) is 3.03. The van der Waals surface area contributed by atoms with E-state index in [0.29, 0.717) is 22.4 Å². The van der Waals surface area contributed by atoms with Gasteiger partial charge in [0.05, 0.1) is 5.69 Å². The second kappa shape index (κ2) is 4.84. The second-order valence-corrected chi connectivity index (χ2v) is 8.18. The molecule has 0 aromatic carbocycles. The van der Waals surface area contributed by atoms with Crippen LogP contribution in [0, 0.1) is 24.7 Å². The highest BCUT2D eigenvalue weighted by molar-refractivity contribution is 7.89. The maximum absolute atomic E-state index is 12.5. The molecule has 1 N–H and O–H groups in total. The van der Waals surface area contributed by atoms with Crippen molar-refractivity contribution in [2.75, 3.05) is 0 Å². The SMILES string of the molecule is Cc1nn(C)cc1S(=O)(=O)N[C@@H](C)[C@H]1C[C@H]2CC[C@H]1C2. The Morgan fingerprint density at radius 3 is 2.65 bits per heavy atom. The summed E-state index contributed by atoms with van der Waals surface area (Å²) in [5.41, 5.74) is 0.556. The smallest absolute Gasteiger partial charge is 0.244 e. The molecule has 2 bridgehead atoms. The van der Waals surface area contributed by atoms with Crippen molar-refractivity contribution in [3.05, 3.63) is 11.9 Å². The standard InChI is InChI=1S/C14H23N3O2S/c1-9(13-7-11-4-5-12(13)6-11)16-20(18,19)14-8-17(3)15-10(14)2/h8-9,11-13,16H,4-7H2,1-3H3/t9-,11-,12-,13+/m0/s1. The van der Waals surface area contributed by atoms with Gasteiger partial charge in [-0.25, -0.2) is 13.1 Å². The highest BCUT2D eigenvalue weighted by Gasteiger charge is 2.42. The Morgan fingerprint density at radius 1 is 1.40 bits per heavy atom. The van der Waals surface area contributed by atoms with Crippen LogP contribution < -0.4 is 4.72 Å². The van der Waals surface area contributed by atoms with Crippen LogP contribution in [0.15, 0.2) is 11.1 Å². The van der Waals surface area contributed by atoms with Crippen molar-refractivity contribution in [3.63, 3.8) is 0 Å². The lowest BCUT2D eigenvalue weighted by atomic mass is 9.84. The second-order valence-electron chi connectivity index (χ2n) is 6.50. The Balaban J connectivity index is 1.75. The first-order chi connectivity index (χ1) is 9.37. The zero-order valence-corrected chi connectivity index (χ0v) is 13.2. The monoisotopic (exact) mass is 297 g/mol. The van der Waals surface area contributed by atoms with Crippen LogP contribution in [0.2, 0.25) is 0 Å². The molecule has 2 aliphatic carbocycles. The number of hydrogen-bond donors (Lipinski definition) is 1. The minimum Gasteiger partial charge on any atom is -0.274 e. The number of hydrogen-bond acceptors (Lipinski definition) is 3. The number of nitrogens with zero attached hydrogens (tertiary/aromatic N) is 2. The molecular weight excluding hydrogens is 274 g/mol. The van der Waals surface area contributed by atoms with Crippen LogP contribution in [0.3, 0.4) is 0 Å². The van der Waals surface area contributed by atoms with Crippen molar-refractivity contribution in [2.24, 2.45) is 24.8 Å². The number of sulfonamides is 1. The zero-order valence-electron chi connectivity index (χ0n) is 12.3. The summed E-state index contributed by atoms with van der Waals surface area (Å²) < 4.78 is 29.4. The average molecular weight is 297 g/mol. The number of rotatable bonds is 4. The van der Waals surface area contributed by atoms with Gasteiger partial charge in [-0.1, -0.05) is 6.42 Å². The number of fused-ring (bicyclic) bond motifs is 2. The van der Waals surface area contributed by atoms with Gasteiger partial charge in [0.1, 0.15) is 4.90 Å². The third kappa shape index (κ3) is 2.39. The van der Waals surface area contributed by atoms with E-state index < -0.39 is 10.0 Å². The fraction of sp³-hybridized carbons (Fsp3) is 0.786. The maximum Gasteiger partial charge on any atom is 0.244 e. The summed E-state index contributed by atoms with van der Waals surface area (Å²) in [5, 5.41) is 4.12. The fourth-order valence-corrected chi connectivity index (χ4v) is 5.66. The van der Waals surface area contributed by atoms with Crippen molar-refractivity contribution < 1.29 is 8.42 Å². The van der Waals surface area contributed by atoms with Crippen molar-refractivity contribution >= 4 is 10.0 Å². The molecule has 1 aromatic heterocycles. The molecule has 0 saturated heterocycles. The Labute approximate surface area is 120 Å². The lowest BCUT2D eigenvalue weighted by molar-refractivity contribution is 0.280. The highest BCUT2D eigenvalue weighted by Crippen LogP contribution is 2.49. The molecule has 2 aliphatic rings. The Morgan fingerprint density at radius 2 is 2.15 bits per heavy atom. The van der Waals surface area contributed by atoms with Crippen molar-refractivity contribution in [1.82, 2.24) is 14.5 Å². The first-order valence-electron chi connectivity index (χ1n) is 7.39. The molecule has 0 unspecified atom stereocenters. The predicted molar refractivity (Wildman–Crippen MR) is 76.7 cm³/mol. The topological polar surface area (TPSA) is 64.0 Å². The summed E-state index contributed by atoms with van der Waals surface area (Å²) in [6.45, 7) is 3.74. The third-order valence-electron chi connectivity index (χ3n) is 5.03. The molecule has 112 valence electrons. The Kier molecular flexibility index (Phi) is 3.41. The molecule has 6 heteroatoms. The van der Waals surface area contributed by atoms with E-state index in [1.807, 2.05) is 6.92 Å². The first kappa shape index (κ1) is 14.1. The lowest BCUT2D eigenvalue weighted by Gasteiger charge is -2.28. The highest BCUT2D eigenvalue weighted by atomic mass is 32.2. The molecular formula is C14H23N3O2S. The van der Waals surface area contributed by atoms with Gasteiger partial charge in [0.25, 0.3) is 0 Å². The van der Waals surface area contributed by atoms with Gasteiger partial charge in [-0.3, -0.25) is 4.68 Å². The van der Waals surface area contributed by atoms with Gasteiger partial charge in [0, 0.05) is 19.3 Å². The molecule has 5 nitrogen and oxygen atoms in total. The molecule has 4 atom stereocenters. The van der Waals surface area contributed by atoms with E-state index in [9.17, 15) is 8.42 Å². The van der Waals surface area contributed by atoms with E-state index in [4.69, 9.17) is 0 Å². The lowest BCUT2D eigenvalue weighted by Crippen LogP contribution is -2.40. The van der Waals surface area contributed by atoms with Crippen LogP contribution in [-0.2, 0) is 17.1 Å². The van der Waals surface area contributed by atoms with E-state index in [0.717, 1.165) is 5.92 Å². The van der Waals surface area contributed by atoms with Crippen molar-refractivity contribution in [2.45, 2.75) is 50.5 Å². The van der Waals surface area contributed by atoms with E-state index in [1.54, 1.807) is 24.9 Å². The number of nitrogens with one attached hydrogen (secondary N) is 1. The molecule has 1 aromatic rings. The number of aromatic nitrogens is 2. The van der Waals surface area contributed by atoms with Crippen LogP contribution >= 0.6 is 0 Å². The molecule has 1 heterocycles. The van der Waals surface area contributed by atoms with Gasteiger partial charge < -0.3 is 0 Å². The quantitative estimate of drug-likeness (QED) is 0.922. The van der Waals surface area contributed by atoms with Gasteiger partial charge >= 0.3 is 0 Å². The molecule has 20 heavy (non-hydrogen) atoms. The molecule has 0 spiro atoms. The summed E-state index contributed by atoms with van der Waals surface area (Å²) >= 11 is 0.